The number of rotatable bonds is 7. The number of carbonyl (C=O) groups excluding carboxylic acids is 2. The summed E-state index contributed by atoms with van der Waals surface area (Å²) in [5.74, 6) is -0.498. The third-order valence-electron chi connectivity index (χ3n) is 4.25. The molecule has 1 amide bonds. The molecule has 0 aliphatic carbocycles. The largest absolute Gasteiger partial charge is 0.497 e. The fourth-order valence-corrected chi connectivity index (χ4v) is 2.49. The van der Waals surface area contributed by atoms with Gasteiger partial charge in [-0.05, 0) is 35.4 Å². The molecule has 1 atom stereocenters. The molecule has 0 saturated heterocycles. The lowest BCUT2D eigenvalue weighted by Gasteiger charge is -2.17. The van der Waals surface area contributed by atoms with Crippen LogP contribution in [0.5, 0.6) is 5.75 Å². The second-order valence-electron chi connectivity index (χ2n) is 6.03. The van der Waals surface area contributed by atoms with Crippen molar-refractivity contribution >= 4 is 22.6 Å². The van der Waals surface area contributed by atoms with E-state index in [1.54, 1.807) is 21.1 Å². The van der Waals surface area contributed by atoms with Crippen LogP contribution >= 0.6 is 0 Å². The van der Waals surface area contributed by atoms with Crippen molar-refractivity contribution in [2.45, 2.75) is 19.3 Å². The molecule has 6 nitrogen and oxygen atoms in total. The Morgan fingerprint density at radius 1 is 1.19 bits per heavy atom. The van der Waals surface area contributed by atoms with Crippen LogP contribution in [0.3, 0.4) is 0 Å². The summed E-state index contributed by atoms with van der Waals surface area (Å²) in [6, 6.07) is 13.4. The number of likely N-dealkylation sites (N-methyl/N-ethyl adjacent to an activating group) is 1. The minimum absolute atomic E-state index is 0.245. The molecule has 2 rings (SSSR count). The van der Waals surface area contributed by atoms with Gasteiger partial charge in [0.05, 0.1) is 25.5 Å². The molecule has 0 radical (unpaired) electrons. The highest BCUT2D eigenvalue weighted by Gasteiger charge is 2.19. The molecule has 6 heteroatoms. The Kier molecular flexibility index (Phi) is 6.56. The first-order chi connectivity index (χ1) is 12.5. The third kappa shape index (κ3) is 4.73. The predicted octanol–water partition coefficient (Wildman–Crippen LogP) is 2.87. The van der Waals surface area contributed by atoms with E-state index in [9.17, 15) is 9.59 Å². The Labute approximate surface area is 152 Å². The molecule has 2 aromatic rings. The monoisotopic (exact) mass is 354 g/mol. The molecule has 0 fully saturated rings. The number of hydrogen-bond donors (Lipinski definition) is 0. The van der Waals surface area contributed by atoms with E-state index in [-0.39, 0.29) is 18.9 Å². The average molecular weight is 354 g/mol. The van der Waals surface area contributed by atoms with Crippen LogP contribution in [0.15, 0.2) is 36.4 Å². The maximum absolute atomic E-state index is 12.3. The van der Waals surface area contributed by atoms with Gasteiger partial charge in [-0.15, -0.1) is 0 Å². The molecule has 0 heterocycles. The maximum atomic E-state index is 12.3. The Morgan fingerprint density at radius 3 is 2.58 bits per heavy atom. The second-order valence-corrected chi connectivity index (χ2v) is 6.03. The number of methoxy groups -OCH3 is 1. The summed E-state index contributed by atoms with van der Waals surface area (Å²) in [5.41, 5.74) is 0.818. The number of benzene rings is 2. The fraction of sp³-hybridized carbons (Fsp3) is 0.350. The number of fused-ring (bicyclic) bond motifs is 1. The Balaban J connectivity index is 2.00. The van der Waals surface area contributed by atoms with Gasteiger partial charge in [0.25, 0.3) is 5.91 Å². The van der Waals surface area contributed by atoms with Gasteiger partial charge in [-0.2, -0.15) is 5.26 Å². The quantitative estimate of drug-likeness (QED) is 0.714. The van der Waals surface area contributed by atoms with Gasteiger partial charge < -0.3 is 14.4 Å². The Bertz CT molecular complexity index is 841. The van der Waals surface area contributed by atoms with E-state index in [4.69, 9.17) is 14.7 Å². The zero-order valence-electron chi connectivity index (χ0n) is 15.2. The summed E-state index contributed by atoms with van der Waals surface area (Å²) in [5, 5.41) is 10.6. The molecular formula is C20H22N2O4. The van der Waals surface area contributed by atoms with E-state index in [1.807, 2.05) is 42.5 Å². The van der Waals surface area contributed by atoms with Crippen molar-refractivity contribution in [3.63, 3.8) is 0 Å². The summed E-state index contributed by atoms with van der Waals surface area (Å²) >= 11 is 0. The highest BCUT2D eigenvalue weighted by molar-refractivity contribution is 5.87. The fourth-order valence-electron chi connectivity index (χ4n) is 2.49. The third-order valence-corrected chi connectivity index (χ3v) is 4.25. The standard InChI is InChI=1S/C20H22N2O4/c1-14(20(24)26-13-19(23)22(2)10-4-9-21)15-5-6-17-12-18(25-3)8-7-16(17)11-15/h5-8,11-12,14H,4,10,13H2,1-3H3/t14-/m0/s1. The number of amides is 1. The van der Waals surface area contributed by atoms with Gasteiger partial charge in [-0.3, -0.25) is 9.59 Å². The van der Waals surface area contributed by atoms with Gasteiger partial charge >= 0.3 is 5.97 Å². The highest BCUT2D eigenvalue weighted by atomic mass is 16.5. The van der Waals surface area contributed by atoms with Crippen molar-refractivity contribution < 1.29 is 19.1 Å². The average Bonchev–Trinajstić information content (AvgIpc) is 2.68. The molecular weight excluding hydrogens is 332 g/mol. The SMILES string of the molecule is COc1ccc2cc([C@H](C)C(=O)OCC(=O)N(C)CCC#N)ccc2c1. The van der Waals surface area contributed by atoms with Crippen molar-refractivity contribution in [3.05, 3.63) is 42.0 Å². The minimum atomic E-state index is -0.487. The zero-order valence-corrected chi connectivity index (χ0v) is 15.2. The van der Waals surface area contributed by atoms with Gasteiger partial charge in [-0.1, -0.05) is 24.3 Å². The van der Waals surface area contributed by atoms with E-state index < -0.39 is 11.9 Å². The molecule has 0 aromatic heterocycles. The smallest absolute Gasteiger partial charge is 0.313 e. The van der Waals surface area contributed by atoms with E-state index in [0.29, 0.717) is 6.54 Å². The van der Waals surface area contributed by atoms with Gasteiger partial charge in [0.2, 0.25) is 0 Å². The second kappa shape index (κ2) is 8.86. The predicted molar refractivity (Wildman–Crippen MR) is 97.7 cm³/mol. The molecule has 136 valence electrons. The maximum Gasteiger partial charge on any atom is 0.313 e. The minimum Gasteiger partial charge on any atom is -0.497 e. The van der Waals surface area contributed by atoms with Crippen molar-refractivity contribution in [1.29, 1.82) is 5.26 Å². The summed E-state index contributed by atoms with van der Waals surface area (Å²) < 4.78 is 10.3. The lowest BCUT2D eigenvalue weighted by molar-refractivity contribution is -0.152. The van der Waals surface area contributed by atoms with E-state index in [0.717, 1.165) is 22.1 Å². The van der Waals surface area contributed by atoms with Gasteiger partial charge in [0.1, 0.15) is 5.75 Å². The molecule has 0 saturated carbocycles. The van der Waals surface area contributed by atoms with Crippen molar-refractivity contribution in [2.24, 2.45) is 0 Å². The van der Waals surface area contributed by atoms with Crippen LogP contribution in [0.1, 0.15) is 24.8 Å². The molecule has 0 N–H and O–H groups in total. The van der Waals surface area contributed by atoms with Crippen molar-refractivity contribution in [2.75, 3.05) is 27.3 Å². The topological polar surface area (TPSA) is 79.6 Å². The number of nitriles is 1. The number of hydrogen-bond acceptors (Lipinski definition) is 5. The van der Waals surface area contributed by atoms with Gasteiger partial charge in [0, 0.05) is 13.6 Å². The summed E-state index contributed by atoms with van der Waals surface area (Å²) in [6.07, 6.45) is 0.245. The Hall–Kier alpha value is -3.07. The molecule has 0 unspecified atom stereocenters. The first kappa shape index (κ1) is 19.3. The van der Waals surface area contributed by atoms with E-state index >= 15 is 0 Å². The summed E-state index contributed by atoms with van der Waals surface area (Å²) in [4.78, 5) is 25.5. The van der Waals surface area contributed by atoms with Crippen LogP contribution in [0.2, 0.25) is 0 Å². The van der Waals surface area contributed by atoms with Crippen LogP contribution in [0.25, 0.3) is 10.8 Å². The van der Waals surface area contributed by atoms with Crippen LogP contribution < -0.4 is 4.74 Å². The highest BCUT2D eigenvalue weighted by Crippen LogP contribution is 2.25. The number of nitrogens with zero attached hydrogens (tertiary/aromatic N) is 2. The lowest BCUT2D eigenvalue weighted by atomic mass is 9.98. The van der Waals surface area contributed by atoms with Gasteiger partial charge in [0.15, 0.2) is 6.61 Å². The lowest BCUT2D eigenvalue weighted by Crippen LogP contribution is -2.32. The molecule has 26 heavy (non-hydrogen) atoms. The summed E-state index contributed by atoms with van der Waals surface area (Å²) in [7, 11) is 3.20. The van der Waals surface area contributed by atoms with Crippen molar-refractivity contribution in [1.82, 2.24) is 4.90 Å². The van der Waals surface area contributed by atoms with Crippen LogP contribution in [-0.2, 0) is 14.3 Å². The number of ether oxygens (including phenoxy) is 2. The zero-order chi connectivity index (χ0) is 19.1. The number of carbonyl (C=O) groups is 2. The Morgan fingerprint density at radius 2 is 1.88 bits per heavy atom. The molecule has 2 aromatic carbocycles. The summed E-state index contributed by atoms with van der Waals surface area (Å²) in [6.45, 7) is 1.74. The van der Waals surface area contributed by atoms with Crippen LogP contribution in [0, 0.1) is 11.3 Å². The van der Waals surface area contributed by atoms with E-state index in [1.165, 1.54) is 4.90 Å². The molecule has 0 aliphatic rings. The van der Waals surface area contributed by atoms with E-state index in [2.05, 4.69) is 0 Å². The van der Waals surface area contributed by atoms with Crippen LogP contribution in [0.4, 0.5) is 0 Å². The molecule has 0 bridgehead atoms. The normalized spacial score (nSPS) is 11.5. The first-order valence-corrected chi connectivity index (χ1v) is 8.31. The molecule has 0 spiro atoms. The van der Waals surface area contributed by atoms with Gasteiger partial charge in [-0.25, -0.2) is 0 Å². The number of esters is 1. The van der Waals surface area contributed by atoms with Crippen molar-refractivity contribution in [3.8, 4) is 11.8 Å². The molecule has 0 aliphatic heterocycles. The first-order valence-electron chi connectivity index (χ1n) is 8.31. The van der Waals surface area contributed by atoms with Crippen LogP contribution in [-0.4, -0.2) is 44.1 Å².